The molecule has 0 spiro atoms. The Bertz CT molecular complexity index is 800. The fourth-order valence-corrected chi connectivity index (χ4v) is 7.54. The molecule has 4 aliphatic carbocycles. The molecule has 0 aromatic rings. The zero-order chi connectivity index (χ0) is 22.9. The molecule has 4 rings (SSSR count). The van der Waals surface area contributed by atoms with Gasteiger partial charge in [-0.25, -0.2) is 0 Å². The van der Waals surface area contributed by atoms with Crippen LogP contribution in [0.4, 0.5) is 0 Å². The highest BCUT2D eigenvalue weighted by molar-refractivity contribution is 5.25. The summed E-state index contributed by atoms with van der Waals surface area (Å²) < 4.78 is 34.0. The summed E-state index contributed by atoms with van der Waals surface area (Å²) in [6.45, 7) is 1.79. The number of aliphatic hydroxyl groups is 2. The maximum absolute atomic E-state index is 11.6. The summed E-state index contributed by atoms with van der Waals surface area (Å²) in [6.07, 6.45) is 14.1. The molecule has 3 saturated carbocycles. The predicted molar refractivity (Wildman–Crippen MR) is 110 cm³/mol. The minimum absolute atomic E-state index is 0.0560. The average molecular weight is 375 g/mol. The molecular formula is C25H38O2. The van der Waals surface area contributed by atoms with Crippen molar-refractivity contribution in [2.24, 2.45) is 34.5 Å². The molecule has 2 N–H and O–H groups in total. The first kappa shape index (κ1) is 15.1. The third-order valence-electron chi connectivity index (χ3n) is 8.99. The molecule has 0 bridgehead atoms. The lowest BCUT2D eigenvalue weighted by Gasteiger charge is -2.59. The lowest BCUT2D eigenvalue weighted by atomic mass is 9.46. The maximum atomic E-state index is 11.6. The Kier molecular flexibility index (Phi) is 3.71. The normalized spacial score (nSPS) is 53.8. The fraction of sp³-hybridized carbons (Fsp3) is 0.840. The van der Waals surface area contributed by atoms with Gasteiger partial charge in [0.15, 0.2) is 0 Å². The van der Waals surface area contributed by atoms with E-state index in [2.05, 4.69) is 25.8 Å². The Balaban J connectivity index is 1.71. The topological polar surface area (TPSA) is 40.5 Å². The Morgan fingerprint density at radius 1 is 1.30 bits per heavy atom. The van der Waals surface area contributed by atoms with Gasteiger partial charge in [0.2, 0.25) is 0 Å². The van der Waals surface area contributed by atoms with Crippen molar-refractivity contribution >= 4 is 0 Å². The number of hydrogen-bond donors (Lipinski definition) is 2. The second-order valence-electron chi connectivity index (χ2n) is 10.2. The van der Waals surface area contributed by atoms with Crippen molar-refractivity contribution in [3.05, 3.63) is 11.6 Å². The fourth-order valence-electron chi connectivity index (χ4n) is 7.54. The smallest absolute Gasteiger partial charge is 0.0662 e. The van der Waals surface area contributed by atoms with E-state index in [0.717, 1.165) is 44.9 Å². The van der Waals surface area contributed by atoms with Crippen LogP contribution in [-0.4, -0.2) is 21.9 Å². The molecular weight excluding hydrogens is 332 g/mol. The van der Waals surface area contributed by atoms with E-state index in [-0.39, 0.29) is 30.3 Å². The van der Waals surface area contributed by atoms with Crippen LogP contribution in [0, 0.1) is 46.8 Å². The van der Waals surface area contributed by atoms with E-state index in [1.165, 1.54) is 5.57 Å². The van der Waals surface area contributed by atoms with Gasteiger partial charge in [0.1, 0.15) is 0 Å². The van der Waals surface area contributed by atoms with Crippen molar-refractivity contribution in [3.8, 4) is 12.3 Å². The first-order chi connectivity index (χ1) is 14.3. The molecule has 0 aromatic carbocycles. The lowest BCUT2D eigenvalue weighted by Crippen LogP contribution is -2.53. The van der Waals surface area contributed by atoms with Crippen LogP contribution < -0.4 is 0 Å². The quantitative estimate of drug-likeness (QED) is 0.533. The zero-order valence-corrected chi connectivity index (χ0v) is 16.9. The first-order valence-electron chi connectivity index (χ1n) is 12.9. The Labute approximate surface area is 171 Å². The largest absolute Gasteiger partial charge is 0.393 e. The summed E-state index contributed by atoms with van der Waals surface area (Å²) in [4.78, 5) is 0. The van der Waals surface area contributed by atoms with Crippen LogP contribution in [0.1, 0.15) is 90.4 Å². The summed E-state index contributed by atoms with van der Waals surface area (Å²) in [5, 5.41) is 21.8. The van der Waals surface area contributed by atoms with Crippen molar-refractivity contribution in [1.82, 2.24) is 0 Å². The number of rotatable bonds is 3. The second kappa shape index (κ2) is 6.64. The Hall–Kier alpha value is -0.780. The maximum Gasteiger partial charge on any atom is 0.0662 e. The van der Waals surface area contributed by atoms with Crippen molar-refractivity contribution < 1.29 is 15.7 Å². The van der Waals surface area contributed by atoms with E-state index in [1.54, 1.807) is 0 Å². The molecule has 2 nitrogen and oxygen atoms in total. The van der Waals surface area contributed by atoms with Gasteiger partial charge in [-0.3, -0.25) is 0 Å². The molecule has 0 amide bonds. The average Bonchev–Trinajstić information content (AvgIpc) is 2.98. The van der Waals surface area contributed by atoms with Gasteiger partial charge in [0, 0.05) is 11.9 Å². The van der Waals surface area contributed by atoms with Crippen molar-refractivity contribution in [1.29, 1.82) is 0 Å². The highest BCUT2D eigenvalue weighted by Gasteiger charge is 2.61. The summed E-state index contributed by atoms with van der Waals surface area (Å²) in [6, 6.07) is 0. The second-order valence-corrected chi connectivity index (χ2v) is 10.2. The van der Waals surface area contributed by atoms with Crippen molar-refractivity contribution in [3.63, 3.8) is 0 Å². The standard InChI is InChI=1S/C25H38O2/c1-5-6-13-25(4,27)22-10-9-20-19-8-7-17-16-18(26)11-14-23(17,2)21(19)12-15-24(20,22)3/h1,7,18-22,26-27H,6,8-16H2,2-4H3/t18-,19?,20?,21?,22-,23-,24-,25-/m0/s1/i4D3,22D. The molecule has 8 atom stereocenters. The Morgan fingerprint density at radius 3 is 2.85 bits per heavy atom. The third-order valence-corrected chi connectivity index (χ3v) is 8.99. The minimum atomic E-state index is -2.65. The van der Waals surface area contributed by atoms with Gasteiger partial charge in [0.25, 0.3) is 0 Å². The molecule has 4 aliphatic rings. The third kappa shape index (κ3) is 2.92. The van der Waals surface area contributed by atoms with Crippen LogP contribution in [0.15, 0.2) is 11.6 Å². The van der Waals surface area contributed by atoms with Crippen molar-refractivity contribution in [2.75, 3.05) is 0 Å². The molecule has 0 heterocycles. The highest BCUT2D eigenvalue weighted by atomic mass is 16.3. The molecule has 3 unspecified atom stereocenters. The number of aliphatic hydroxyl groups excluding tert-OH is 1. The summed E-state index contributed by atoms with van der Waals surface area (Å²) >= 11 is 0. The molecule has 0 aromatic heterocycles. The van der Waals surface area contributed by atoms with Crippen LogP contribution >= 0.6 is 0 Å². The van der Waals surface area contributed by atoms with Gasteiger partial charge in [-0.05, 0) is 99.1 Å². The van der Waals surface area contributed by atoms with E-state index < -0.39 is 23.8 Å². The van der Waals surface area contributed by atoms with E-state index in [0.29, 0.717) is 18.3 Å². The van der Waals surface area contributed by atoms with Crippen LogP contribution in [0.2, 0.25) is 0 Å². The van der Waals surface area contributed by atoms with Crippen LogP contribution in [0.3, 0.4) is 0 Å². The monoisotopic (exact) mass is 374 g/mol. The van der Waals surface area contributed by atoms with Crippen molar-refractivity contribution in [2.45, 2.75) is 96.6 Å². The van der Waals surface area contributed by atoms with Crippen LogP contribution in [0.5, 0.6) is 0 Å². The van der Waals surface area contributed by atoms with Gasteiger partial charge < -0.3 is 10.2 Å². The molecule has 3 fully saturated rings. The molecule has 0 aliphatic heterocycles. The van der Waals surface area contributed by atoms with Crippen LogP contribution in [0.25, 0.3) is 0 Å². The number of hydrogen-bond acceptors (Lipinski definition) is 2. The Morgan fingerprint density at radius 2 is 2.11 bits per heavy atom. The molecule has 27 heavy (non-hydrogen) atoms. The number of fused-ring (bicyclic) bond motifs is 5. The van der Waals surface area contributed by atoms with E-state index in [4.69, 9.17) is 10.5 Å². The van der Waals surface area contributed by atoms with Gasteiger partial charge in [0.05, 0.1) is 11.7 Å². The summed E-state index contributed by atoms with van der Waals surface area (Å²) in [7, 11) is 0. The van der Waals surface area contributed by atoms with E-state index in [1.807, 2.05) is 0 Å². The van der Waals surface area contributed by atoms with Crippen LogP contribution in [-0.2, 0) is 0 Å². The van der Waals surface area contributed by atoms with E-state index >= 15 is 0 Å². The molecule has 150 valence electrons. The molecule has 0 radical (unpaired) electrons. The minimum Gasteiger partial charge on any atom is -0.393 e. The number of terminal acetylenes is 1. The lowest BCUT2D eigenvalue weighted by molar-refractivity contribution is -0.104. The number of allylic oxidation sites excluding steroid dienone is 1. The first-order valence-corrected chi connectivity index (χ1v) is 10.9. The zero-order valence-electron chi connectivity index (χ0n) is 20.9. The van der Waals surface area contributed by atoms with Gasteiger partial charge >= 0.3 is 0 Å². The van der Waals surface area contributed by atoms with Gasteiger partial charge in [-0.15, -0.1) is 12.3 Å². The van der Waals surface area contributed by atoms with Gasteiger partial charge in [-0.2, -0.15) is 0 Å². The van der Waals surface area contributed by atoms with Gasteiger partial charge in [-0.1, -0.05) is 25.5 Å². The SMILES string of the molecule is [2H]C([2H])([2H])[C@](O)(CCC#C)[C@@]1([2H])CCC2C3CC=C4C[C@@H](O)CC[C@]4(C)C3CC[C@@]21C. The highest BCUT2D eigenvalue weighted by Crippen LogP contribution is 2.67. The summed E-state index contributed by atoms with van der Waals surface area (Å²) in [5.41, 5.74) is -1.15. The molecule has 2 heteroatoms. The summed E-state index contributed by atoms with van der Waals surface area (Å²) in [5.74, 6) is 2.18. The molecule has 0 saturated heterocycles. The van der Waals surface area contributed by atoms with E-state index in [9.17, 15) is 11.6 Å². The predicted octanol–water partition coefficient (Wildman–Crippen LogP) is 5.09.